The van der Waals surface area contributed by atoms with Crippen LogP contribution in [0.25, 0.3) is 6.08 Å². The Morgan fingerprint density at radius 3 is 2.40 bits per heavy atom. The number of aldehydes is 1. The highest BCUT2D eigenvalue weighted by Crippen LogP contribution is 2.24. The number of aliphatic hydroxyl groups is 1. The van der Waals surface area contributed by atoms with Crippen LogP contribution in [0.1, 0.15) is 103 Å². The van der Waals surface area contributed by atoms with Gasteiger partial charge < -0.3 is 20.4 Å². The van der Waals surface area contributed by atoms with Crippen molar-refractivity contribution in [3.63, 3.8) is 0 Å². The predicted molar refractivity (Wildman–Crippen MR) is 147 cm³/mol. The predicted octanol–water partition coefficient (Wildman–Crippen LogP) is 6.55. The maximum absolute atomic E-state index is 11.7. The zero-order chi connectivity index (χ0) is 26.6. The third-order valence-electron chi connectivity index (χ3n) is 6.00. The maximum Gasteiger partial charge on any atom is 0.308 e. The fraction of sp³-hybridized carbons (Fsp3) is 0.750. The minimum atomic E-state index is -0.944. The molecule has 0 bridgehead atoms. The Morgan fingerprint density at radius 1 is 1.17 bits per heavy atom. The summed E-state index contributed by atoms with van der Waals surface area (Å²) in [6.45, 7) is 13.1. The van der Waals surface area contributed by atoms with Crippen molar-refractivity contribution < 1.29 is 19.4 Å². The van der Waals surface area contributed by atoms with E-state index in [1.807, 2.05) is 12.3 Å². The highest BCUT2D eigenvalue weighted by Gasteiger charge is 2.18. The molecule has 0 amide bonds. The normalized spacial score (nSPS) is 14.7. The van der Waals surface area contributed by atoms with Gasteiger partial charge in [0.15, 0.2) is 0 Å². The minimum Gasteiger partial charge on any atom is -0.466 e. The van der Waals surface area contributed by atoms with Crippen LogP contribution >= 0.6 is 11.3 Å². The number of nitrogens with zero attached hydrogens (tertiary/aromatic N) is 1. The number of ether oxygens (including phenoxy) is 1. The van der Waals surface area contributed by atoms with E-state index in [4.69, 9.17) is 10.5 Å². The Balaban J connectivity index is 0.00000106. The topological polar surface area (TPSA) is 103 Å². The van der Waals surface area contributed by atoms with Gasteiger partial charge >= 0.3 is 5.97 Å². The van der Waals surface area contributed by atoms with E-state index >= 15 is 0 Å². The fourth-order valence-electron chi connectivity index (χ4n) is 4.14. The number of nitrogens with two attached hydrogens (primary N) is 1. The largest absolute Gasteiger partial charge is 0.466 e. The summed E-state index contributed by atoms with van der Waals surface area (Å²) in [4.78, 5) is 26.4. The van der Waals surface area contributed by atoms with E-state index in [0.717, 1.165) is 35.4 Å². The molecule has 0 aliphatic carbocycles. The van der Waals surface area contributed by atoms with Gasteiger partial charge in [0.05, 0.1) is 29.8 Å². The first-order valence-electron chi connectivity index (χ1n) is 13.2. The van der Waals surface area contributed by atoms with Crippen LogP contribution < -0.4 is 5.73 Å². The summed E-state index contributed by atoms with van der Waals surface area (Å²) >= 11 is 1.63. The van der Waals surface area contributed by atoms with Crippen LogP contribution in [-0.2, 0) is 14.3 Å². The van der Waals surface area contributed by atoms with E-state index in [0.29, 0.717) is 18.8 Å². The van der Waals surface area contributed by atoms with Crippen LogP contribution in [0.15, 0.2) is 11.6 Å². The molecule has 4 atom stereocenters. The van der Waals surface area contributed by atoms with Gasteiger partial charge in [0.2, 0.25) is 0 Å². The first-order chi connectivity index (χ1) is 16.6. The van der Waals surface area contributed by atoms with Gasteiger partial charge in [0.25, 0.3) is 0 Å². The van der Waals surface area contributed by atoms with E-state index in [9.17, 15) is 14.7 Å². The van der Waals surface area contributed by atoms with Gasteiger partial charge in [-0.2, -0.15) is 0 Å². The zero-order valence-electron chi connectivity index (χ0n) is 22.9. The van der Waals surface area contributed by atoms with Gasteiger partial charge in [-0.05, 0) is 56.2 Å². The monoisotopic (exact) mass is 510 g/mol. The van der Waals surface area contributed by atoms with Crippen molar-refractivity contribution in [1.82, 2.24) is 4.98 Å². The van der Waals surface area contributed by atoms with Crippen molar-refractivity contribution in [1.29, 1.82) is 0 Å². The van der Waals surface area contributed by atoms with E-state index < -0.39 is 18.0 Å². The molecule has 0 aliphatic heterocycles. The summed E-state index contributed by atoms with van der Waals surface area (Å²) in [7, 11) is 0. The quantitative estimate of drug-likeness (QED) is 0.140. The van der Waals surface area contributed by atoms with Crippen LogP contribution in [0.2, 0.25) is 0 Å². The number of carbonyl (C=O) groups is 2. The van der Waals surface area contributed by atoms with E-state index in [1.165, 1.54) is 44.7 Å². The lowest BCUT2D eigenvalue weighted by Gasteiger charge is -2.18. The highest BCUT2D eigenvalue weighted by molar-refractivity contribution is 7.09. The smallest absolute Gasteiger partial charge is 0.308 e. The number of aliphatic hydroxyl groups excluding tert-OH is 1. The van der Waals surface area contributed by atoms with Gasteiger partial charge in [-0.1, -0.05) is 66.7 Å². The van der Waals surface area contributed by atoms with Crippen LogP contribution in [0.3, 0.4) is 0 Å². The van der Waals surface area contributed by atoms with Crippen molar-refractivity contribution in [3.8, 4) is 0 Å². The molecule has 0 fully saturated rings. The van der Waals surface area contributed by atoms with Gasteiger partial charge in [-0.3, -0.25) is 4.79 Å². The number of thiazole rings is 1. The third kappa shape index (κ3) is 18.2. The number of hydrogen-bond donors (Lipinski definition) is 2. The molecule has 1 rings (SSSR count). The molecule has 6 nitrogen and oxygen atoms in total. The van der Waals surface area contributed by atoms with Crippen molar-refractivity contribution in [2.45, 2.75) is 105 Å². The van der Waals surface area contributed by atoms with Gasteiger partial charge in [0, 0.05) is 11.3 Å². The molecule has 0 radical (unpaired) electrons. The number of carbonyl (C=O) groups excluding carboxylic acids is 2. The molecule has 0 saturated carbocycles. The van der Waals surface area contributed by atoms with Crippen LogP contribution in [0.4, 0.5) is 0 Å². The molecule has 0 saturated heterocycles. The summed E-state index contributed by atoms with van der Waals surface area (Å²) in [5.74, 6) is 1.35. The van der Waals surface area contributed by atoms with Gasteiger partial charge in [0.1, 0.15) is 6.29 Å². The molecule has 0 aromatic carbocycles. The molecule has 7 heteroatoms. The molecule has 1 aromatic heterocycles. The summed E-state index contributed by atoms with van der Waals surface area (Å²) in [6.07, 6.45) is 12.4. The zero-order valence-corrected chi connectivity index (χ0v) is 23.7. The molecule has 1 unspecified atom stereocenters. The molecular formula is C28H50N2O4S. The Kier molecular flexibility index (Phi) is 19.4. The second kappa shape index (κ2) is 20.5. The molecule has 0 aliphatic rings. The highest BCUT2D eigenvalue weighted by atomic mass is 32.1. The van der Waals surface area contributed by atoms with Crippen molar-refractivity contribution in [2.24, 2.45) is 29.4 Å². The Labute approximate surface area is 217 Å². The number of aromatic nitrogens is 1. The Hall–Kier alpha value is -1.73. The van der Waals surface area contributed by atoms with Crippen LogP contribution in [-0.4, -0.2) is 35.1 Å². The molecule has 1 aromatic rings. The maximum atomic E-state index is 11.7. The van der Waals surface area contributed by atoms with Crippen LogP contribution in [0, 0.1) is 30.6 Å². The molecular weight excluding hydrogens is 460 g/mol. The molecule has 1 heterocycles. The third-order valence-corrected chi connectivity index (χ3v) is 6.79. The number of rotatable bonds is 17. The number of hydrogen-bond acceptors (Lipinski definition) is 7. The van der Waals surface area contributed by atoms with Crippen molar-refractivity contribution in [2.75, 3.05) is 6.61 Å². The Morgan fingerprint density at radius 2 is 1.86 bits per heavy atom. The van der Waals surface area contributed by atoms with Crippen molar-refractivity contribution >= 4 is 29.7 Å². The fourth-order valence-corrected chi connectivity index (χ4v) is 4.72. The van der Waals surface area contributed by atoms with E-state index in [2.05, 4.69) is 32.7 Å². The SMILES string of the molecule is CCC[C@H](CCCOC(=O)C[C@H](O)C(C)C=O)CCC[C@H](C)CC(C)C.Cc1nc(/C=C\N)cs1. The molecule has 202 valence electrons. The van der Waals surface area contributed by atoms with E-state index in [1.54, 1.807) is 24.3 Å². The molecule has 0 spiro atoms. The average Bonchev–Trinajstić information content (AvgIpc) is 3.20. The summed E-state index contributed by atoms with van der Waals surface area (Å²) in [5, 5.41) is 12.7. The average molecular weight is 511 g/mol. The first-order valence-corrected chi connectivity index (χ1v) is 14.1. The Bertz CT molecular complexity index is 705. The lowest BCUT2D eigenvalue weighted by Crippen LogP contribution is -2.23. The standard InChI is InChI=1S/C22H42O4.C6H8N2S/c1-6-9-20(11-7-10-18(4)14-17(2)3)12-8-13-26-22(25)15-21(24)19(5)16-23;1-5-8-6(2-3-7)4-9-5/h16-21,24H,6-15H2,1-5H3;2-4H,7H2,1H3/b;3-2-/t18-,19?,20-,21-;/m0./s1. The molecule has 3 N–H and O–H groups in total. The lowest BCUT2D eigenvalue weighted by atomic mass is 9.88. The second-order valence-electron chi connectivity index (χ2n) is 10.1. The summed E-state index contributed by atoms with van der Waals surface area (Å²) < 4.78 is 5.21. The minimum absolute atomic E-state index is 0.105. The number of esters is 1. The molecule has 35 heavy (non-hydrogen) atoms. The first kappa shape index (κ1) is 33.3. The van der Waals surface area contributed by atoms with Gasteiger partial charge in [-0.15, -0.1) is 11.3 Å². The van der Waals surface area contributed by atoms with Gasteiger partial charge in [-0.25, -0.2) is 4.98 Å². The van der Waals surface area contributed by atoms with Crippen LogP contribution in [0.5, 0.6) is 0 Å². The summed E-state index contributed by atoms with van der Waals surface area (Å²) in [6, 6.07) is 0. The number of aryl methyl sites for hydroxylation is 1. The van der Waals surface area contributed by atoms with E-state index in [-0.39, 0.29) is 6.42 Å². The second-order valence-corrected chi connectivity index (χ2v) is 11.2. The summed E-state index contributed by atoms with van der Waals surface area (Å²) in [5.41, 5.74) is 6.10. The lowest BCUT2D eigenvalue weighted by molar-refractivity contribution is -0.146. The van der Waals surface area contributed by atoms with Crippen molar-refractivity contribution in [3.05, 3.63) is 22.3 Å².